The van der Waals surface area contributed by atoms with Gasteiger partial charge in [0, 0.05) is 12.8 Å². The fraction of sp³-hybridized carbons (Fsp3) is 0.222. The summed E-state index contributed by atoms with van der Waals surface area (Å²) in [6, 6.07) is 10.7. The molecule has 0 unspecified atom stereocenters. The van der Waals surface area contributed by atoms with Crippen molar-refractivity contribution in [1.82, 2.24) is 9.79 Å². The molecule has 31 heavy (non-hydrogen) atoms. The highest BCUT2D eigenvalue weighted by atomic mass is 32.2. The molecule has 0 spiro atoms. The van der Waals surface area contributed by atoms with E-state index in [0.29, 0.717) is 10.1 Å². The minimum Gasteiger partial charge on any atom is -0.481 e. The molecule has 0 saturated heterocycles. The second kappa shape index (κ2) is 9.87. The highest BCUT2D eigenvalue weighted by Crippen LogP contribution is 2.25. The van der Waals surface area contributed by atoms with E-state index in [2.05, 4.69) is 0 Å². The number of ether oxygens (including phenoxy) is 1. The number of rotatable bonds is 10. The van der Waals surface area contributed by atoms with Gasteiger partial charge in [-0.2, -0.15) is 4.31 Å². The molecule has 2 aromatic rings. The van der Waals surface area contributed by atoms with Gasteiger partial charge in [0.25, 0.3) is 5.91 Å². The monoisotopic (exact) mass is 472 g/mol. The molecule has 0 aliphatic carbocycles. The van der Waals surface area contributed by atoms with E-state index in [1.807, 2.05) is 0 Å². The van der Waals surface area contributed by atoms with Crippen LogP contribution in [-0.2, 0) is 29.4 Å². The maximum absolute atomic E-state index is 12.8. The Morgan fingerprint density at radius 1 is 0.935 bits per heavy atom. The quantitative estimate of drug-likeness (QED) is 0.335. The zero-order valence-electron chi connectivity index (χ0n) is 16.3. The van der Waals surface area contributed by atoms with E-state index >= 15 is 0 Å². The number of nitrogens with zero attached hydrogens (tertiary/aromatic N) is 1. The molecule has 168 valence electrons. The van der Waals surface area contributed by atoms with Crippen LogP contribution in [0.3, 0.4) is 0 Å². The maximum atomic E-state index is 12.8. The number of sulfonamides is 1. The molecule has 0 aliphatic rings. The zero-order valence-corrected chi connectivity index (χ0v) is 17.9. The SMILES string of the molecule is CS(=O)(=O)c1ccc(Oc2ccc(S(=O)(=O)N(CCC(=O)O)CC(=O)NO)cc2)cc1. The van der Waals surface area contributed by atoms with Crippen molar-refractivity contribution >= 4 is 31.7 Å². The third-order valence-electron chi connectivity index (χ3n) is 3.97. The Balaban J connectivity index is 2.20. The second-order valence-corrected chi connectivity index (χ2v) is 10.3. The van der Waals surface area contributed by atoms with Crippen molar-refractivity contribution in [3.05, 3.63) is 48.5 Å². The van der Waals surface area contributed by atoms with Crippen LogP contribution >= 0.6 is 0 Å². The maximum Gasteiger partial charge on any atom is 0.304 e. The van der Waals surface area contributed by atoms with Crippen LogP contribution in [0.4, 0.5) is 0 Å². The van der Waals surface area contributed by atoms with Gasteiger partial charge in [-0.3, -0.25) is 14.8 Å². The number of amides is 1. The number of carbonyl (C=O) groups excluding carboxylic acids is 1. The van der Waals surface area contributed by atoms with E-state index in [4.69, 9.17) is 15.1 Å². The van der Waals surface area contributed by atoms with Gasteiger partial charge in [0.2, 0.25) is 10.0 Å². The van der Waals surface area contributed by atoms with E-state index in [9.17, 15) is 26.4 Å². The van der Waals surface area contributed by atoms with Crippen LogP contribution in [0, 0.1) is 0 Å². The lowest BCUT2D eigenvalue weighted by atomic mass is 10.3. The second-order valence-electron chi connectivity index (χ2n) is 6.33. The first-order chi connectivity index (χ1) is 14.4. The van der Waals surface area contributed by atoms with E-state index in [0.717, 1.165) is 6.26 Å². The molecule has 11 nitrogen and oxygen atoms in total. The van der Waals surface area contributed by atoms with Crippen molar-refractivity contribution in [3.8, 4) is 11.5 Å². The normalized spacial score (nSPS) is 11.8. The van der Waals surface area contributed by atoms with Crippen LogP contribution in [0.25, 0.3) is 0 Å². The van der Waals surface area contributed by atoms with E-state index < -0.39 is 51.2 Å². The number of carboxylic acids is 1. The molecule has 2 rings (SSSR count). The summed E-state index contributed by atoms with van der Waals surface area (Å²) in [5, 5.41) is 17.5. The van der Waals surface area contributed by atoms with Crippen LogP contribution in [0.2, 0.25) is 0 Å². The Morgan fingerprint density at radius 3 is 1.84 bits per heavy atom. The van der Waals surface area contributed by atoms with E-state index in [-0.39, 0.29) is 15.5 Å². The number of carboxylic acid groups (broad SMARTS) is 1. The lowest BCUT2D eigenvalue weighted by Gasteiger charge is -2.20. The van der Waals surface area contributed by atoms with Gasteiger partial charge in [-0.15, -0.1) is 0 Å². The number of hydrogen-bond donors (Lipinski definition) is 3. The van der Waals surface area contributed by atoms with E-state index in [1.54, 1.807) is 0 Å². The van der Waals surface area contributed by atoms with Gasteiger partial charge in [0.05, 0.1) is 22.8 Å². The minimum atomic E-state index is -4.24. The van der Waals surface area contributed by atoms with Crippen LogP contribution in [0.15, 0.2) is 58.3 Å². The van der Waals surface area contributed by atoms with Crippen molar-refractivity contribution < 1.29 is 41.5 Å². The Bertz CT molecular complexity index is 1140. The summed E-state index contributed by atoms with van der Waals surface area (Å²) in [7, 11) is -7.59. The van der Waals surface area contributed by atoms with Gasteiger partial charge in [-0.1, -0.05) is 0 Å². The van der Waals surface area contributed by atoms with Crippen molar-refractivity contribution in [3.63, 3.8) is 0 Å². The Morgan fingerprint density at radius 2 is 1.42 bits per heavy atom. The molecule has 0 heterocycles. The average Bonchev–Trinajstić information content (AvgIpc) is 2.70. The van der Waals surface area contributed by atoms with Crippen LogP contribution in [-0.4, -0.2) is 62.7 Å². The number of hydroxylamine groups is 1. The summed E-state index contributed by atoms with van der Waals surface area (Å²) in [5.41, 5.74) is 1.31. The molecule has 1 amide bonds. The minimum absolute atomic E-state index is 0.120. The molecular formula is C18H20N2O9S2. The molecule has 0 radical (unpaired) electrons. The summed E-state index contributed by atoms with van der Waals surface area (Å²) in [4.78, 5) is 22.1. The first kappa shape index (κ1) is 24.3. The largest absolute Gasteiger partial charge is 0.481 e. The lowest BCUT2D eigenvalue weighted by molar-refractivity contribution is -0.137. The molecule has 0 fully saturated rings. The Labute approximate surface area is 178 Å². The fourth-order valence-corrected chi connectivity index (χ4v) is 4.45. The van der Waals surface area contributed by atoms with Gasteiger partial charge in [0.1, 0.15) is 11.5 Å². The first-order valence-corrected chi connectivity index (χ1v) is 12.0. The molecule has 13 heteroatoms. The van der Waals surface area contributed by atoms with Gasteiger partial charge in [0.15, 0.2) is 9.84 Å². The van der Waals surface area contributed by atoms with Gasteiger partial charge >= 0.3 is 5.97 Å². The average molecular weight is 472 g/mol. The van der Waals surface area contributed by atoms with E-state index in [1.165, 1.54) is 54.0 Å². The molecular weight excluding hydrogens is 452 g/mol. The topological polar surface area (TPSA) is 167 Å². The number of benzene rings is 2. The predicted octanol–water partition coefficient (Wildman–Crippen LogP) is 0.853. The van der Waals surface area contributed by atoms with Crippen molar-refractivity contribution in [1.29, 1.82) is 0 Å². The smallest absolute Gasteiger partial charge is 0.304 e. The van der Waals surface area contributed by atoms with Crippen LogP contribution in [0.5, 0.6) is 11.5 Å². The summed E-state index contributed by atoms with van der Waals surface area (Å²) in [6.07, 6.45) is 0.536. The molecule has 0 aliphatic heterocycles. The number of hydrogen-bond acceptors (Lipinski definition) is 8. The summed E-state index contributed by atoms with van der Waals surface area (Å²) in [5.74, 6) is -1.69. The number of aliphatic carboxylic acids is 1. The Hall–Kier alpha value is -3.00. The lowest BCUT2D eigenvalue weighted by Crippen LogP contribution is -2.40. The molecule has 0 saturated carbocycles. The third-order valence-corrected chi connectivity index (χ3v) is 6.96. The summed E-state index contributed by atoms with van der Waals surface area (Å²) < 4.78 is 54.7. The van der Waals surface area contributed by atoms with Crippen molar-refractivity contribution in [2.24, 2.45) is 0 Å². The van der Waals surface area contributed by atoms with Gasteiger partial charge in [-0.05, 0) is 48.5 Å². The van der Waals surface area contributed by atoms with Crippen LogP contribution in [0.1, 0.15) is 6.42 Å². The molecule has 2 aromatic carbocycles. The molecule has 0 atom stereocenters. The highest BCUT2D eigenvalue weighted by molar-refractivity contribution is 7.90. The van der Waals surface area contributed by atoms with Gasteiger partial charge in [-0.25, -0.2) is 22.3 Å². The van der Waals surface area contributed by atoms with Gasteiger partial charge < -0.3 is 9.84 Å². The van der Waals surface area contributed by atoms with Crippen molar-refractivity contribution in [2.75, 3.05) is 19.3 Å². The van der Waals surface area contributed by atoms with Crippen molar-refractivity contribution in [2.45, 2.75) is 16.2 Å². The number of nitrogens with one attached hydrogen (secondary N) is 1. The Kier molecular flexibility index (Phi) is 7.73. The molecule has 0 bridgehead atoms. The summed E-state index contributed by atoms with van der Waals surface area (Å²) >= 11 is 0. The highest BCUT2D eigenvalue weighted by Gasteiger charge is 2.27. The summed E-state index contributed by atoms with van der Waals surface area (Å²) in [6.45, 7) is -1.24. The molecule has 0 aromatic heterocycles. The first-order valence-electron chi connectivity index (χ1n) is 8.66. The van der Waals surface area contributed by atoms with Crippen LogP contribution < -0.4 is 10.2 Å². The zero-order chi connectivity index (χ0) is 23.2. The number of carbonyl (C=O) groups is 2. The standard InChI is InChI=1S/C18H20N2O9S2/c1-30(25,26)15-6-2-13(3-7-15)29-14-4-8-16(9-5-14)31(27,28)20(11-10-18(22)23)12-17(21)19-24/h2-9,24H,10-12H2,1H3,(H,19,21)(H,22,23). The fourth-order valence-electron chi connectivity index (χ4n) is 2.42. The molecule has 3 N–H and O–H groups in total. The predicted molar refractivity (Wildman–Crippen MR) is 107 cm³/mol. The number of sulfone groups is 1. The third kappa shape index (κ3) is 6.75.